The van der Waals surface area contributed by atoms with Crippen LogP contribution in [-0.2, 0) is 0 Å². The maximum atomic E-state index is 12.6. The number of H-pyrrole nitrogens is 1. The number of anilines is 1. The van der Waals surface area contributed by atoms with Gasteiger partial charge in [0, 0.05) is 48.0 Å². The van der Waals surface area contributed by atoms with Crippen molar-refractivity contribution in [3.05, 3.63) is 54.5 Å². The van der Waals surface area contributed by atoms with Crippen molar-refractivity contribution in [2.45, 2.75) is 0 Å². The number of nitrogens with one attached hydrogen (secondary N) is 2. The van der Waals surface area contributed by atoms with Crippen LogP contribution in [0.1, 0.15) is 10.4 Å². The first kappa shape index (κ1) is 17.9. The molecule has 0 fully saturated rings. The summed E-state index contributed by atoms with van der Waals surface area (Å²) in [5.74, 6) is 0.384. The lowest BCUT2D eigenvalue weighted by Gasteiger charge is -2.10. The summed E-state index contributed by atoms with van der Waals surface area (Å²) in [5, 5.41) is 5.67. The number of pyridine rings is 2. The normalized spacial score (nSPS) is 11.4. The number of nitrogen functional groups attached to an aromatic ring is 1. The molecule has 7 heteroatoms. The number of aromatic amines is 1. The number of rotatable bonds is 5. The highest BCUT2D eigenvalue weighted by Gasteiger charge is 2.14. The topological polar surface area (TPSA) is 99.9 Å². The number of hydrogen-bond acceptors (Lipinski definition) is 5. The molecule has 4 aromatic rings. The van der Waals surface area contributed by atoms with E-state index in [1.165, 1.54) is 0 Å². The van der Waals surface area contributed by atoms with E-state index in [9.17, 15) is 4.79 Å². The standard InChI is InChI=1S/C21H22N6O/c1-27(2)8-7-24-21(28)18-12-26-20-17(18)10-15(11-25-20)14-4-3-13-5-6-23-19(22)16(13)9-14/h3-6,9-12H,7-8H2,1-2H3,(H2,22,23)(H,24,28)(H,25,26). The molecule has 0 aliphatic rings. The van der Waals surface area contributed by atoms with Crippen LogP contribution in [0.4, 0.5) is 5.82 Å². The molecule has 0 aliphatic carbocycles. The van der Waals surface area contributed by atoms with Crippen LogP contribution in [0.2, 0.25) is 0 Å². The molecule has 0 aliphatic heterocycles. The van der Waals surface area contributed by atoms with Gasteiger partial charge in [0.25, 0.3) is 5.91 Å². The molecule has 1 amide bonds. The average Bonchev–Trinajstić information content (AvgIpc) is 3.11. The van der Waals surface area contributed by atoms with Gasteiger partial charge in [-0.1, -0.05) is 12.1 Å². The van der Waals surface area contributed by atoms with Crippen LogP contribution in [-0.4, -0.2) is 52.9 Å². The van der Waals surface area contributed by atoms with Crippen molar-refractivity contribution in [2.24, 2.45) is 0 Å². The van der Waals surface area contributed by atoms with Gasteiger partial charge < -0.3 is 20.9 Å². The summed E-state index contributed by atoms with van der Waals surface area (Å²) in [4.78, 5) is 26.3. The van der Waals surface area contributed by atoms with Crippen molar-refractivity contribution in [3.63, 3.8) is 0 Å². The lowest BCUT2D eigenvalue weighted by molar-refractivity contribution is 0.0952. The van der Waals surface area contributed by atoms with Crippen LogP contribution in [0.25, 0.3) is 32.9 Å². The van der Waals surface area contributed by atoms with E-state index in [0.717, 1.165) is 33.8 Å². The number of carbonyl (C=O) groups excluding carboxylic acids is 1. The quantitative estimate of drug-likeness (QED) is 0.499. The molecule has 4 rings (SSSR count). The molecule has 0 saturated heterocycles. The highest BCUT2D eigenvalue weighted by atomic mass is 16.1. The first-order chi connectivity index (χ1) is 13.5. The minimum absolute atomic E-state index is 0.112. The van der Waals surface area contributed by atoms with Crippen molar-refractivity contribution in [3.8, 4) is 11.1 Å². The zero-order valence-corrected chi connectivity index (χ0v) is 15.9. The fourth-order valence-electron chi connectivity index (χ4n) is 3.21. The number of fused-ring (bicyclic) bond motifs is 2. The van der Waals surface area contributed by atoms with E-state index in [1.807, 2.05) is 49.3 Å². The molecule has 0 unspecified atom stereocenters. The van der Waals surface area contributed by atoms with Gasteiger partial charge in [-0.3, -0.25) is 4.79 Å². The maximum absolute atomic E-state index is 12.6. The first-order valence-corrected chi connectivity index (χ1v) is 9.07. The molecule has 1 aromatic carbocycles. The summed E-state index contributed by atoms with van der Waals surface area (Å²) in [7, 11) is 3.94. The van der Waals surface area contributed by atoms with Gasteiger partial charge in [0.2, 0.25) is 0 Å². The van der Waals surface area contributed by atoms with Crippen LogP contribution in [0.5, 0.6) is 0 Å². The molecular weight excluding hydrogens is 352 g/mol. The number of likely N-dealkylation sites (N-methyl/N-ethyl adjacent to an activating group) is 1. The van der Waals surface area contributed by atoms with Gasteiger partial charge >= 0.3 is 0 Å². The van der Waals surface area contributed by atoms with Crippen molar-refractivity contribution in [1.29, 1.82) is 0 Å². The molecule has 0 saturated carbocycles. The van der Waals surface area contributed by atoms with Gasteiger partial charge in [0.1, 0.15) is 11.5 Å². The van der Waals surface area contributed by atoms with Crippen LogP contribution in [0, 0.1) is 0 Å². The maximum Gasteiger partial charge on any atom is 0.253 e. The minimum atomic E-state index is -0.112. The number of hydrogen-bond donors (Lipinski definition) is 3. The van der Waals surface area contributed by atoms with Crippen LogP contribution >= 0.6 is 0 Å². The second-order valence-electron chi connectivity index (χ2n) is 7.01. The molecule has 28 heavy (non-hydrogen) atoms. The van der Waals surface area contributed by atoms with Crippen LogP contribution in [0.15, 0.2) is 48.9 Å². The number of benzene rings is 1. The number of nitrogens with two attached hydrogens (primary N) is 1. The second kappa shape index (κ2) is 7.28. The summed E-state index contributed by atoms with van der Waals surface area (Å²) in [6.45, 7) is 1.37. The molecular formula is C21H22N6O. The summed E-state index contributed by atoms with van der Waals surface area (Å²) in [6, 6.07) is 9.95. The lowest BCUT2D eigenvalue weighted by Crippen LogP contribution is -2.31. The monoisotopic (exact) mass is 374 g/mol. The SMILES string of the molecule is CN(C)CCNC(=O)c1c[nH]c2ncc(-c3ccc4ccnc(N)c4c3)cc12. The zero-order chi connectivity index (χ0) is 19.7. The zero-order valence-electron chi connectivity index (χ0n) is 15.9. The summed E-state index contributed by atoms with van der Waals surface area (Å²) < 4.78 is 0. The van der Waals surface area contributed by atoms with E-state index in [4.69, 9.17) is 5.73 Å². The van der Waals surface area contributed by atoms with E-state index in [0.29, 0.717) is 23.6 Å². The van der Waals surface area contributed by atoms with Crippen molar-refractivity contribution in [2.75, 3.05) is 32.9 Å². The van der Waals surface area contributed by atoms with E-state index < -0.39 is 0 Å². The Morgan fingerprint density at radius 3 is 2.79 bits per heavy atom. The van der Waals surface area contributed by atoms with Gasteiger partial charge in [-0.25, -0.2) is 9.97 Å². The third kappa shape index (κ3) is 3.39. The largest absolute Gasteiger partial charge is 0.383 e. The number of carbonyl (C=O) groups is 1. The molecule has 0 radical (unpaired) electrons. The fourth-order valence-corrected chi connectivity index (χ4v) is 3.21. The second-order valence-corrected chi connectivity index (χ2v) is 7.01. The number of nitrogens with zero attached hydrogens (tertiary/aromatic N) is 3. The number of amides is 1. The summed E-state index contributed by atoms with van der Waals surface area (Å²) in [5.41, 5.74) is 9.18. The number of aromatic nitrogens is 3. The Kier molecular flexibility index (Phi) is 4.67. The van der Waals surface area contributed by atoms with Crippen LogP contribution < -0.4 is 11.1 Å². The van der Waals surface area contributed by atoms with Gasteiger partial charge in [-0.05, 0) is 43.2 Å². The molecule has 142 valence electrons. The van der Waals surface area contributed by atoms with E-state index in [1.54, 1.807) is 18.6 Å². The highest BCUT2D eigenvalue weighted by molar-refractivity contribution is 6.07. The van der Waals surface area contributed by atoms with Gasteiger partial charge in [-0.15, -0.1) is 0 Å². The molecule has 0 atom stereocenters. The van der Waals surface area contributed by atoms with Crippen molar-refractivity contribution in [1.82, 2.24) is 25.2 Å². The summed E-state index contributed by atoms with van der Waals surface area (Å²) in [6.07, 6.45) is 5.20. The molecule has 0 spiro atoms. The predicted octanol–water partition coefficient (Wildman–Crippen LogP) is 2.65. The molecule has 7 nitrogen and oxygen atoms in total. The molecule has 4 N–H and O–H groups in total. The third-order valence-electron chi connectivity index (χ3n) is 4.75. The van der Waals surface area contributed by atoms with Gasteiger partial charge in [0.15, 0.2) is 0 Å². The van der Waals surface area contributed by atoms with E-state index in [-0.39, 0.29) is 5.91 Å². The smallest absolute Gasteiger partial charge is 0.253 e. The first-order valence-electron chi connectivity index (χ1n) is 9.07. The minimum Gasteiger partial charge on any atom is -0.383 e. The molecule has 3 heterocycles. The Bertz CT molecular complexity index is 1160. The Morgan fingerprint density at radius 2 is 1.96 bits per heavy atom. The Morgan fingerprint density at radius 1 is 1.14 bits per heavy atom. The van der Waals surface area contributed by atoms with E-state index in [2.05, 4.69) is 20.3 Å². The van der Waals surface area contributed by atoms with Crippen molar-refractivity contribution >= 4 is 33.5 Å². The predicted molar refractivity (Wildman–Crippen MR) is 112 cm³/mol. The van der Waals surface area contributed by atoms with Gasteiger partial charge in [-0.2, -0.15) is 0 Å². The Hall–Kier alpha value is -3.45. The van der Waals surface area contributed by atoms with E-state index >= 15 is 0 Å². The van der Waals surface area contributed by atoms with Gasteiger partial charge in [0.05, 0.1) is 5.56 Å². The average molecular weight is 374 g/mol. The summed E-state index contributed by atoms with van der Waals surface area (Å²) >= 11 is 0. The third-order valence-corrected chi connectivity index (χ3v) is 4.75. The molecule has 3 aromatic heterocycles. The Balaban J connectivity index is 1.69. The van der Waals surface area contributed by atoms with Crippen molar-refractivity contribution < 1.29 is 4.79 Å². The highest BCUT2D eigenvalue weighted by Crippen LogP contribution is 2.29. The van der Waals surface area contributed by atoms with Crippen LogP contribution in [0.3, 0.4) is 0 Å². The lowest BCUT2D eigenvalue weighted by atomic mass is 10.0. The fraction of sp³-hybridized carbons (Fsp3) is 0.190. The molecule has 0 bridgehead atoms. The Labute approximate surface area is 162 Å².